The number of fused-ring (bicyclic) bond motifs is 1. The first-order chi connectivity index (χ1) is 7.69. The van der Waals surface area contributed by atoms with Gasteiger partial charge in [-0.05, 0) is 6.54 Å². The van der Waals surface area contributed by atoms with E-state index in [4.69, 9.17) is 5.11 Å². The van der Waals surface area contributed by atoms with E-state index in [2.05, 4.69) is 21.8 Å². The Morgan fingerprint density at radius 1 is 1.62 bits per heavy atom. The number of hydrogen-bond acceptors (Lipinski definition) is 4. The van der Waals surface area contributed by atoms with Gasteiger partial charge in [0.2, 0.25) is 0 Å². The Morgan fingerprint density at radius 3 is 3.12 bits per heavy atom. The van der Waals surface area contributed by atoms with E-state index in [1.165, 1.54) is 0 Å². The molecule has 2 heterocycles. The molecule has 0 aliphatic carbocycles. The van der Waals surface area contributed by atoms with E-state index in [1.54, 1.807) is 6.20 Å². The van der Waals surface area contributed by atoms with Crippen LogP contribution in [0.2, 0.25) is 0 Å². The maximum absolute atomic E-state index is 10.5. The predicted octanol–water partition coefficient (Wildman–Crippen LogP) is 0.482. The molecule has 0 saturated heterocycles. The molecule has 0 unspecified atom stereocenters. The highest BCUT2D eigenvalue weighted by molar-refractivity contribution is 5.68. The van der Waals surface area contributed by atoms with E-state index in [-0.39, 0.29) is 6.42 Å². The summed E-state index contributed by atoms with van der Waals surface area (Å²) in [6, 6.07) is 0. The second-order valence-corrected chi connectivity index (χ2v) is 3.95. The smallest absolute Gasteiger partial charge is 0.311 e. The van der Waals surface area contributed by atoms with Gasteiger partial charge < -0.3 is 5.11 Å². The number of nitrogens with zero attached hydrogens (tertiary/aromatic N) is 3. The average molecular weight is 221 g/mol. The summed E-state index contributed by atoms with van der Waals surface area (Å²) in [6.07, 6.45) is 2.56. The minimum Gasteiger partial charge on any atom is -0.481 e. The fourth-order valence-electron chi connectivity index (χ4n) is 1.91. The lowest BCUT2D eigenvalue weighted by Gasteiger charge is -2.26. The van der Waals surface area contributed by atoms with Crippen molar-refractivity contribution in [2.45, 2.75) is 26.3 Å². The second-order valence-electron chi connectivity index (χ2n) is 3.95. The lowest BCUT2D eigenvalue weighted by molar-refractivity contribution is -0.136. The average Bonchev–Trinajstić information content (AvgIpc) is 2.27. The molecular weight excluding hydrogens is 206 g/mol. The third-order valence-corrected chi connectivity index (χ3v) is 2.82. The topological polar surface area (TPSA) is 66.3 Å². The third-order valence-electron chi connectivity index (χ3n) is 2.82. The Kier molecular flexibility index (Phi) is 3.14. The number of rotatable bonds is 3. The lowest BCUT2D eigenvalue weighted by atomic mass is 10.1. The van der Waals surface area contributed by atoms with Gasteiger partial charge in [-0.1, -0.05) is 6.92 Å². The Bertz CT molecular complexity index is 406. The summed E-state index contributed by atoms with van der Waals surface area (Å²) < 4.78 is 0. The SMILES string of the molecule is CCN1CCc2nc(CC(=O)O)ncc2C1. The molecule has 5 heteroatoms. The quantitative estimate of drug-likeness (QED) is 0.804. The first kappa shape index (κ1) is 11.0. The van der Waals surface area contributed by atoms with Gasteiger partial charge in [0.25, 0.3) is 0 Å². The molecule has 16 heavy (non-hydrogen) atoms. The number of carboxylic acid groups (broad SMARTS) is 1. The van der Waals surface area contributed by atoms with Gasteiger partial charge in [-0.3, -0.25) is 9.69 Å². The Balaban J connectivity index is 2.18. The molecule has 2 rings (SSSR count). The van der Waals surface area contributed by atoms with Crippen LogP contribution >= 0.6 is 0 Å². The van der Waals surface area contributed by atoms with Gasteiger partial charge in [0.05, 0.1) is 0 Å². The normalized spacial score (nSPS) is 15.8. The van der Waals surface area contributed by atoms with Gasteiger partial charge >= 0.3 is 5.97 Å². The van der Waals surface area contributed by atoms with Crippen molar-refractivity contribution in [2.24, 2.45) is 0 Å². The second kappa shape index (κ2) is 4.57. The summed E-state index contributed by atoms with van der Waals surface area (Å²) in [6.45, 7) is 5.02. The van der Waals surface area contributed by atoms with Crippen molar-refractivity contribution < 1.29 is 9.90 Å². The van der Waals surface area contributed by atoms with Gasteiger partial charge in [-0.25, -0.2) is 9.97 Å². The molecule has 1 aliphatic rings. The van der Waals surface area contributed by atoms with Crippen LogP contribution in [0, 0.1) is 0 Å². The van der Waals surface area contributed by atoms with Crippen molar-refractivity contribution in [1.29, 1.82) is 0 Å². The highest BCUT2D eigenvalue weighted by Crippen LogP contribution is 2.15. The molecular formula is C11H15N3O2. The molecule has 0 spiro atoms. The summed E-state index contributed by atoms with van der Waals surface area (Å²) >= 11 is 0. The van der Waals surface area contributed by atoms with Crippen molar-refractivity contribution in [2.75, 3.05) is 13.1 Å². The molecule has 0 atom stereocenters. The first-order valence-corrected chi connectivity index (χ1v) is 5.47. The third kappa shape index (κ3) is 2.36. The fourth-order valence-corrected chi connectivity index (χ4v) is 1.91. The number of hydrogen-bond donors (Lipinski definition) is 1. The predicted molar refractivity (Wildman–Crippen MR) is 58.0 cm³/mol. The zero-order valence-corrected chi connectivity index (χ0v) is 9.31. The van der Waals surface area contributed by atoms with Crippen LogP contribution in [0.15, 0.2) is 6.20 Å². The highest BCUT2D eigenvalue weighted by atomic mass is 16.4. The number of carboxylic acids is 1. The first-order valence-electron chi connectivity index (χ1n) is 5.47. The standard InChI is InChI=1S/C11H15N3O2/c1-2-14-4-3-9-8(7-14)6-12-10(13-9)5-11(15)16/h6H,2-5,7H2,1H3,(H,15,16). The molecule has 1 aromatic heterocycles. The Hall–Kier alpha value is -1.49. The van der Waals surface area contributed by atoms with Crippen molar-refractivity contribution in [3.63, 3.8) is 0 Å². The van der Waals surface area contributed by atoms with Crippen LogP contribution in [0.1, 0.15) is 24.0 Å². The molecule has 0 saturated carbocycles. The van der Waals surface area contributed by atoms with Gasteiger partial charge in [-0.15, -0.1) is 0 Å². The fraction of sp³-hybridized carbons (Fsp3) is 0.545. The van der Waals surface area contributed by atoms with Crippen molar-refractivity contribution >= 4 is 5.97 Å². The van der Waals surface area contributed by atoms with Crippen LogP contribution in [0.4, 0.5) is 0 Å². The molecule has 0 fully saturated rings. The summed E-state index contributed by atoms with van der Waals surface area (Å²) in [4.78, 5) is 21.3. The zero-order valence-electron chi connectivity index (χ0n) is 9.31. The molecule has 0 amide bonds. The van der Waals surface area contributed by atoms with E-state index in [1.807, 2.05) is 0 Å². The largest absolute Gasteiger partial charge is 0.481 e. The van der Waals surface area contributed by atoms with Crippen molar-refractivity contribution in [3.05, 3.63) is 23.3 Å². The van der Waals surface area contributed by atoms with E-state index >= 15 is 0 Å². The molecule has 0 aromatic carbocycles. The van der Waals surface area contributed by atoms with Crippen molar-refractivity contribution in [1.82, 2.24) is 14.9 Å². The van der Waals surface area contributed by atoms with Gasteiger partial charge in [0, 0.05) is 37.0 Å². The van der Waals surface area contributed by atoms with Crippen LogP contribution in [0.5, 0.6) is 0 Å². The molecule has 1 aromatic rings. The number of aromatic nitrogens is 2. The van der Waals surface area contributed by atoms with Crippen LogP contribution in [0.25, 0.3) is 0 Å². The van der Waals surface area contributed by atoms with E-state index in [0.29, 0.717) is 5.82 Å². The molecule has 0 bridgehead atoms. The summed E-state index contributed by atoms with van der Waals surface area (Å²) in [5.74, 6) is -0.470. The monoisotopic (exact) mass is 221 g/mol. The molecule has 1 N–H and O–H groups in total. The van der Waals surface area contributed by atoms with E-state index < -0.39 is 5.97 Å². The Morgan fingerprint density at radius 2 is 2.44 bits per heavy atom. The van der Waals surface area contributed by atoms with E-state index in [9.17, 15) is 4.79 Å². The van der Waals surface area contributed by atoms with Crippen LogP contribution in [-0.4, -0.2) is 39.0 Å². The maximum atomic E-state index is 10.5. The Labute approximate surface area is 94.1 Å². The number of likely N-dealkylation sites (N-methyl/N-ethyl adjacent to an activating group) is 1. The van der Waals surface area contributed by atoms with Crippen LogP contribution < -0.4 is 0 Å². The van der Waals surface area contributed by atoms with E-state index in [0.717, 1.165) is 37.3 Å². The van der Waals surface area contributed by atoms with Gasteiger partial charge in [0.15, 0.2) is 0 Å². The minimum absolute atomic E-state index is 0.0925. The highest BCUT2D eigenvalue weighted by Gasteiger charge is 2.17. The van der Waals surface area contributed by atoms with Crippen LogP contribution in [0.3, 0.4) is 0 Å². The summed E-state index contributed by atoms with van der Waals surface area (Å²) in [7, 11) is 0. The lowest BCUT2D eigenvalue weighted by Crippen LogP contribution is -2.31. The van der Waals surface area contributed by atoms with Crippen LogP contribution in [-0.2, 0) is 24.2 Å². The number of aliphatic carboxylic acids is 1. The number of carbonyl (C=O) groups is 1. The zero-order chi connectivity index (χ0) is 11.5. The summed E-state index contributed by atoms with van der Waals surface area (Å²) in [5, 5.41) is 8.66. The van der Waals surface area contributed by atoms with Crippen molar-refractivity contribution in [3.8, 4) is 0 Å². The van der Waals surface area contributed by atoms with Gasteiger partial charge in [0.1, 0.15) is 12.2 Å². The maximum Gasteiger partial charge on any atom is 0.311 e. The minimum atomic E-state index is -0.883. The molecule has 1 aliphatic heterocycles. The molecule has 0 radical (unpaired) electrons. The molecule has 86 valence electrons. The van der Waals surface area contributed by atoms with Gasteiger partial charge in [-0.2, -0.15) is 0 Å². The summed E-state index contributed by atoms with van der Waals surface area (Å²) in [5.41, 5.74) is 2.14. The molecule has 5 nitrogen and oxygen atoms in total.